The maximum Gasteiger partial charge on any atom is 0.257 e. The van der Waals surface area contributed by atoms with Gasteiger partial charge in [0.15, 0.2) is 0 Å². The van der Waals surface area contributed by atoms with Gasteiger partial charge >= 0.3 is 0 Å². The first-order valence-electron chi connectivity index (χ1n) is 10.7. The van der Waals surface area contributed by atoms with Crippen LogP contribution in [0.1, 0.15) is 46.3 Å². The van der Waals surface area contributed by atoms with Crippen molar-refractivity contribution in [3.63, 3.8) is 0 Å². The number of carbonyl (C=O) groups excluding carboxylic acids is 2. The van der Waals surface area contributed by atoms with Gasteiger partial charge in [-0.25, -0.2) is 4.39 Å². The second-order valence-corrected chi connectivity index (χ2v) is 8.25. The van der Waals surface area contributed by atoms with E-state index in [0.29, 0.717) is 17.2 Å². The number of carbonyl (C=O) groups is 2. The van der Waals surface area contributed by atoms with E-state index in [1.54, 1.807) is 36.4 Å². The van der Waals surface area contributed by atoms with Crippen LogP contribution in [0.5, 0.6) is 0 Å². The highest BCUT2D eigenvalue weighted by molar-refractivity contribution is 6.08. The van der Waals surface area contributed by atoms with Crippen LogP contribution in [0.3, 0.4) is 0 Å². The SMILES string of the molecule is Cc1cc(C(=O)Nc2ccc(CC(=O)Nc3ccccc3F)cc2)c2c(c1)C(C)CCN2. The van der Waals surface area contributed by atoms with Crippen molar-refractivity contribution in [3.8, 4) is 0 Å². The van der Waals surface area contributed by atoms with Crippen LogP contribution < -0.4 is 16.0 Å². The van der Waals surface area contributed by atoms with E-state index in [0.717, 1.165) is 29.8 Å². The Kier molecular flexibility index (Phi) is 6.21. The first-order chi connectivity index (χ1) is 15.4. The van der Waals surface area contributed by atoms with E-state index < -0.39 is 5.82 Å². The fourth-order valence-electron chi connectivity index (χ4n) is 4.00. The Labute approximate surface area is 187 Å². The van der Waals surface area contributed by atoms with Gasteiger partial charge in [0.05, 0.1) is 23.4 Å². The number of hydrogen-bond acceptors (Lipinski definition) is 3. The molecule has 6 heteroatoms. The predicted octanol–water partition coefficient (Wildman–Crippen LogP) is 5.49. The van der Waals surface area contributed by atoms with Gasteiger partial charge in [-0.3, -0.25) is 9.59 Å². The van der Waals surface area contributed by atoms with Crippen molar-refractivity contribution in [2.75, 3.05) is 22.5 Å². The zero-order valence-corrected chi connectivity index (χ0v) is 18.2. The molecule has 0 bridgehead atoms. The molecule has 1 aliphatic rings. The Hall–Kier alpha value is -3.67. The zero-order valence-electron chi connectivity index (χ0n) is 18.2. The molecule has 0 aliphatic carbocycles. The molecular formula is C26H26FN3O2. The quantitative estimate of drug-likeness (QED) is 0.501. The molecule has 3 N–H and O–H groups in total. The van der Waals surface area contributed by atoms with E-state index in [1.807, 2.05) is 13.0 Å². The molecule has 1 unspecified atom stereocenters. The normalized spacial score (nSPS) is 14.8. The minimum absolute atomic E-state index is 0.107. The summed E-state index contributed by atoms with van der Waals surface area (Å²) in [4.78, 5) is 25.2. The summed E-state index contributed by atoms with van der Waals surface area (Å²) < 4.78 is 13.7. The Balaban J connectivity index is 1.43. The van der Waals surface area contributed by atoms with Crippen LogP contribution in [0.15, 0.2) is 60.7 Å². The van der Waals surface area contributed by atoms with E-state index in [9.17, 15) is 14.0 Å². The summed E-state index contributed by atoms with van der Waals surface area (Å²) in [6.45, 7) is 5.03. The minimum Gasteiger partial charge on any atom is -0.384 e. The van der Waals surface area contributed by atoms with Crippen molar-refractivity contribution in [2.45, 2.75) is 32.6 Å². The van der Waals surface area contributed by atoms with Crippen LogP contribution in [0, 0.1) is 12.7 Å². The summed E-state index contributed by atoms with van der Waals surface area (Å²) in [5, 5.41) is 8.90. The Morgan fingerprint density at radius 1 is 1.06 bits per heavy atom. The molecule has 3 aromatic carbocycles. The highest BCUT2D eigenvalue weighted by Crippen LogP contribution is 2.35. The molecule has 0 spiro atoms. The smallest absolute Gasteiger partial charge is 0.257 e. The number of hydrogen-bond donors (Lipinski definition) is 3. The van der Waals surface area contributed by atoms with Crippen molar-refractivity contribution in [1.29, 1.82) is 0 Å². The van der Waals surface area contributed by atoms with Gasteiger partial charge in [-0.2, -0.15) is 0 Å². The molecule has 0 fully saturated rings. The standard InChI is InChI=1S/C26H26FN3O2/c1-16-13-20-17(2)11-12-28-25(20)21(14-16)26(32)29-19-9-7-18(8-10-19)15-24(31)30-23-6-4-3-5-22(23)27/h3-10,13-14,17,28H,11-12,15H2,1-2H3,(H,29,32)(H,30,31). The molecule has 0 saturated heterocycles. The van der Waals surface area contributed by atoms with Crippen LogP contribution in [-0.2, 0) is 11.2 Å². The second kappa shape index (κ2) is 9.22. The van der Waals surface area contributed by atoms with Crippen LogP contribution in [0.25, 0.3) is 0 Å². The number of fused-ring (bicyclic) bond motifs is 1. The maximum atomic E-state index is 13.7. The van der Waals surface area contributed by atoms with E-state index in [1.165, 1.54) is 17.7 Å². The van der Waals surface area contributed by atoms with Crippen LogP contribution in [0.4, 0.5) is 21.5 Å². The van der Waals surface area contributed by atoms with Gasteiger partial charge in [-0.05, 0) is 66.3 Å². The first kappa shape index (κ1) is 21.6. The van der Waals surface area contributed by atoms with Crippen molar-refractivity contribution < 1.29 is 14.0 Å². The van der Waals surface area contributed by atoms with E-state index in [2.05, 4.69) is 28.9 Å². The van der Waals surface area contributed by atoms with E-state index in [4.69, 9.17) is 0 Å². The molecule has 4 rings (SSSR count). The van der Waals surface area contributed by atoms with Crippen LogP contribution in [-0.4, -0.2) is 18.4 Å². The second-order valence-electron chi connectivity index (χ2n) is 8.25. The monoisotopic (exact) mass is 431 g/mol. The lowest BCUT2D eigenvalue weighted by Crippen LogP contribution is -2.21. The molecule has 1 atom stereocenters. The molecule has 3 aromatic rings. The van der Waals surface area contributed by atoms with Gasteiger partial charge in [0, 0.05) is 12.2 Å². The lowest BCUT2D eigenvalue weighted by molar-refractivity contribution is -0.115. The summed E-state index contributed by atoms with van der Waals surface area (Å²) in [6.07, 6.45) is 1.15. The molecule has 32 heavy (non-hydrogen) atoms. The van der Waals surface area contributed by atoms with Crippen molar-refractivity contribution in [1.82, 2.24) is 0 Å². The molecule has 5 nitrogen and oxygen atoms in total. The minimum atomic E-state index is -0.471. The average molecular weight is 432 g/mol. The Morgan fingerprint density at radius 2 is 1.81 bits per heavy atom. The highest BCUT2D eigenvalue weighted by Gasteiger charge is 2.22. The molecule has 1 aliphatic heterocycles. The van der Waals surface area contributed by atoms with Gasteiger partial charge in [-0.1, -0.05) is 37.3 Å². The van der Waals surface area contributed by atoms with E-state index in [-0.39, 0.29) is 23.9 Å². The molecule has 0 aromatic heterocycles. The van der Waals surface area contributed by atoms with Gasteiger partial charge in [0.25, 0.3) is 5.91 Å². The Bertz CT molecular complexity index is 1160. The van der Waals surface area contributed by atoms with Gasteiger partial charge < -0.3 is 16.0 Å². The summed E-state index contributed by atoms with van der Waals surface area (Å²) in [6, 6.07) is 17.2. The zero-order chi connectivity index (χ0) is 22.7. The number of anilines is 3. The summed E-state index contributed by atoms with van der Waals surface area (Å²) in [5.74, 6) is -0.538. The molecule has 164 valence electrons. The third kappa shape index (κ3) is 4.80. The van der Waals surface area contributed by atoms with Gasteiger partial charge in [0.2, 0.25) is 5.91 Å². The van der Waals surface area contributed by atoms with Crippen LogP contribution >= 0.6 is 0 Å². The lowest BCUT2D eigenvalue weighted by Gasteiger charge is -2.26. The summed E-state index contributed by atoms with van der Waals surface area (Å²) in [5.41, 5.74) is 5.35. The average Bonchev–Trinajstić information content (AvgIpc) is 2.77. The number of amides is 2. The summed E-state index contributed by atoms with van der Waals surface area (Å²) >= 11 is 0. The number of benzene rings is 3. The number of para-hydroxylation sites is 1. The van der Waals surface area contributed by atoms with Crippen molar-refractivity contribution in [2.24, 2.45) is 0 Å². The molecule has 2 amide bonds. The molecular weight excluding hydrogens is 405 g/mol. The molecule has 1 heterocycles. The third-order valence-corrected chi connectivity index (χ3v) is 5.69. The molecule has 0 radical (unpaired) electrons. The predicted molar refractivity (Wildman–Crippen MR) is 126 cm³/mol. The lowest BCUT2D eigenvalue weighted by atomic mass is 9.89. The third-order valence-electron chi connectivity index (χ3n) is 5.69. The van der Waals surface area contributed by atoms with Crippen molar-refractivity contribution in [3.05, 3.63) is 88.7 Å². The number of aryl methyl sites for hydroxylation is 1. The van der Waals surface area contributed by atoms with Gasteiger partial charge in [-0.15, -0.1) is 0 Å². The van der Waals surface area contributed by atoms with Crippen molar-refractivity contribution >= 4 is 28.9 Å². The van der Waals surface area contributed by atoms with Gasteiger partial charge in [0.1, 0.15) is 5.82 Å². The summed E-state index contributed by atoms with van der Waals surface area (Å²) in [7, 11) is 0. The number of nitrogens with one attached hydrogen (secondary N) is 3. The van der Waals surface area contributed by atoms with E-state index >= 15 is 0 Å². The first-order valence-corrected chi connectivity index (χ1v) is 10.7. The maximum absolute atomic E-state index is 13.7. The largest absolute Gasteiger partial charge is 0.384 e. The topological polar surface area (TPSA) is 70.2 Å². The number of rotatable bonds is 5. The number of halogens is 1. The Morgan fingerprint density at radius 3 is 2.56 bits per heavy atom. The van der Waals surface area contributed by atoms with Crippen LogP contribution in [0.2, 0.25) is 0 Å². The highest BCUT2D eigenvalue weighted by atomic mass is 19.1. The molecule has 0 saturated carbocycles. The fourth-order valence-corrected chi connectivity index (χ4v) is 4.00. The fraction of sp³-hybridized carbons (Fsp3) is 0.231.